The Morgan fingerprint density at radius 3 is 2.21 bits per heavy atom. The molecule has 2 N–H and O–H groups in total. The van der Waals surface area contributed by atoms with Crippen LogP contribution >= 0.6 is 0 Å². The molecule has 0 aliphatic rings. The van der Waals surface area contributed by atoms with Crippen molar-refractivity contribution in [3.8, 4) is 0 Å². The molecule has 0 unspecified atom stereocenters. The Hall–Kier alpha value is -1.59. The Kier molecular flexibility index (Phi) is 7.79. The fourth-order valence-corrected chi connectivity index (χ4v) is 1.81. The zero-order valence-corrected chi connectivity index (χ0v) is 11.8. The predicted octanol–water partition coefficient (Wildman–Crippen LogP) is 1.34. The van der Waals surface area contributed by atoms with Crippen molar-refractivity contribution < 1.29 is 24.2 Å². The Morgan fingerprint density at radius 2 is 1.79 bits per heavy atom. The van der Waals surface area contributed by atoms with Crippen LogP contribution in [0.15, 0.2) is 0 Å². The van der Waals surface area contributed by atoms with E-state index in [0.717, 1.165) is 0 Å². The first-order valence-corrected chi connectivity index (χ1v) is 6.48. The van der Waals surface area contributed by atoms with E-state index in [1.54, 1.807) is 13.8 Å². The number of methoxy groups -OCH3 is 1. The van der Waals surface area contributed by atoms with Gasteiger partial charge in [-0.1, -0.05) is 13.8 Å². The van der Waals surface area contributed by atoms with Gasteiger partial charge in [-0.25, -0.2) is 0 Å². The molecule has 0 saturated heterocycles. The fraction of sp³-hybridized carbons (Fsp3) is 0.769. The van der Waals surface area contributed by atoms with Crippen molar-refractivity contribution in [2.45, 2.75) is 46.0 Å². The minimum absolute atomic E-state index is 0.0342. The molecule has 19 heavy (non-hydrogen) atoms. The van der Waals surface area contributed by atoms with E-state index >= 15 is 0 Å². The monoisotopic (exact) mass is 273 g/mol. The molecule has 0 fully saturated rings. The normalized spacial score (nSPS) is 10.9. The third-order valence-electron chi connectivity index (χ3n) is 3.41. The molecule has 6 heteroatoms. The number of aliphatic carboxylic acids is 1. The highest BCUT2D eigenvalue weighted by Crippen LogP contribution is 2.30. The Bertz CT molecular complexity index is 323. The standard InChI is InChI=1S/C13H23NO5/c1-4-13(5-2,12(17)18)9-10(15)14-8-6-7-11(16)19-3/h4-9H2,1-3H3,(H,14,15)(H,17,18). The van der Waals surface area contributed by atoms with Crippen molar-refractivity contribution in [1.29, 1.82) is 0 Å². The average molecular weight is 273 g/mol. The van der Waals surface area contributed by atoms with Crippen molar-refractivity contribution in [3.05, 3.63) is 0 Å². The number of nitrogens with one attached hydrogen (secondary N) is 1. The summed E-state index contributed by atoms with van der Waals surface area (Å²) in [6.45, 7) is 3.88. The minimum Gasteiger partial charge on any atom is -0.481 e. The summed E-state index contributed by atoms with van der Waals surface area (Å²) in [4.78, 5) is 33.8. The molecule has 0 aliphatic heterocycles. The number of carboxylic acid groups (broad SMARTS) is 1. The van der Waals surface area contributed by atoms with E-state index in [-0.39, 0.29) is 24.7 Å². The molecule has 0 atom stereocenters. The summed E-state index contributed by atoms with van der Waals surface area (Å²) in [5, 5.41) is 11.8. The molecule has 0 bridgehead atoms. The van der Waals surface area contributed by atoms with Gasteiger partial charge < -0.3 is 15.2 Å². The van der Waals surface area contributed by atoms with Crippen molar-refractivity contribution in [3.63, 3.8) is 0 Å². The third-order valence-corrected chi connectivity index (χ3v) is 3.41. The lowest BCUT2D eigenvalue weighted by Gasteiger charge is -2.25. The summed E-state index contributed by atoms with van der Waals surface area (Å²) in [6, 6.07) is 0. The van der Waals surface area contributed by atoms with Crippen molar-refractivity contribution in [2.24, 2.45) is 5.41 Å². The predicted molar refractivity (Wildman–Crippen MR) is 69.5 cm³/mol. The van der Waals surface area contributed by atoms with E-state index in [9.17, 15) is 19.5 Å². The fourth-order valence-electron chi connectivity index (χ4n) is 1.81. The molecule has 0 aliphatic carbocycles. The lowest BCUT2D eigenvalue weighted by atomic mass is 9.79. The second-order valence-electron chi connectivity index (χ2n) is 4.50. The molecule has 0 heterocycles. The number of hydrogen-bond donors (Lipinski definition) is 2. The van der Waals surface area contributed by atoms with Crippen molar-refractivity contribution in [2.75, 3.05) is 13.7 Å². The van der Waals surface area contributed by atoms with Gasteiger partial charge in [0, 0.05) is 19.4 Å². The SMILES string of the molecule is CCC(CC)(CC(=O)NCCCC(=O)OC)C(=O)O. The Balaban J connectivity index is 4.15. The maximum Gasteiger partial charge on any atom is 0.310 e. The van der Waals surface area contributed by atoms with Gasteiger partial charge in [-0.3, -0.25) is 14.4 Å². The molecule has 0 rings (SSSR count). The number of ether oxygens (including phenoxy) is 1. The van der Waals surface area contributed by atoms with Crippen LogP contribution in [-0.4, -0.2) is 36.6 Å². The van der Waals surface area contributed by atoms with Crippen LogP contribution < -0.4 is 5.32 Å². The van der Waals surface area contributed by atoms with Crippen LogP contribution in [0.2, 0.25) is 0 Å². The van der Waals surface area contributed by atoms with Gasteiger partial charge in [-0.05, 0) is 19.3 Å². The largest absolute Gasteiger partial charge is 0.481 e. The molecule has 6 nitrogen and oxygen atoms in total. The first kappa shape index (κ1) is 17.4. The number of rotatable bonds is 9. The number of amides is 1. The van der Waals surface area contributed by atoms with E-state index in [1.165, 1.54) is 7.11 Å². The summed E-state index contributed by atoms with van der Waals surface area (Å²) in [5.41, 5.74) is -0.994. The number of carbonyl (C=O) groups is 3. The lowest BCUT2D eigenvalue weighted by molar-refractivity contribution is -0.152. The topological polar surface area (TPSA) is 92.7 Å². The van der Waals surface area contributed by atoms with E-state index in [4.69, 9.17) is 0 Å². The highest BCUT2D eigenvalue weighted by atomic mass is 16.5. The summed E-state index contributed by atoms with van der Waals surface area (Å²) in [7, 11) is 1.31. The summed E-state index contributed by atoms with van der Waals surface area (Å²) < 4.78 is 4.47. The van der Waals surface area contributed by atoms with Crippen LogP contribution in [0.1, 0.15) is 46.0 Å². The first-order chi connectivity index (χ1) is 8.91. The van der Waals surface area contributed by atoms with Gasteiger partial charge in [0.2, 0.25) is 5.91 Å². The second-order valence-corrected chi connectivity index (χ2v) is 4.50. The quantitative estimate of drug-likeness (QED) is 0.488. The van der Waals surface area contributed by atoms with Gasteiger partial charge in [0.25, 0.3) is 0 Å². The van der Waals surface area contributed by atoms with Crippen LogP contribution in [0.5, 0.6) is 0 Å². The third kappa shape index (κ3) is 5.72. The summed E-state index contributed by atoms with van der Waals surface area (Å²) in [6.07, 6.45) is 1.51. The van der Waals surface area contributed by atoms with Crippen LogP contribution in [0.3, 0.4) is 0 Å². The van der Waals surface area contributed by atoms with Crippen LogP contribution in [0, 0.1) is 5.41 Å². The Labute approximate surface area is 113 Å². The summed E-state index contributed by atoms with van der Waals surface area (Å²) >= 11 is 0. The minimum atomic E-state index is -0.994. The van der Waals surface area contributed by atoms with Gasteiger partial charge in [0.15, 0.2) is 0 Å². The highest BCUT2D eigenvalue weighted by Gasteiger charge is 2.36. The van der Waals surface area contributed by atoms with Gasteiger partial charge in [0.1, 0.15) is 0 Å². The maximum atomic E-state index is 11.7. The highest BCUT2D eigenvalue weighted by molar-refractivity contribution is 5.84. The van der Waals surface area contributed by atoms with E-state index in [1.807, 2.05) is 0 Å². The molecule has 0 spiro atoms. The molecule has 110 valence electrons. The van der Waals surface area contributed by atoms with Gasteiger partial charge in [-0.2, -0.15) is 0 Å². The molecule has 0 aromatic carbocycles. The zero-order valence-electron chi connectivity index (χ0n) is 11.8. The molecular formula is C13H23NO5. The number of hydrogen-bond acceptors (Lipinski definition) is 4. The molecule has 0 aromatic rings. The molecule has 1 amide bonds. The number of carbonyl (C=O) groups excluding carboxylic acids is 2. The van der Waals surface area contributed by atoms with Gasteiger partial charge >= 0.3 is 11.9 Å². The molecular weight excluding hydrogens is 250 g/mol. The maximum absolute atomic E-state index is 11.7. The lowest BCUT2D eigenvalue weighted by Crippen LogP contribution is -2.37. The molecule has 0 saturated carbocycles. The van der Waals surface area contributed by atoms with Crippen LogP contribution in [0.25, 0.3) is 0 Å². The van der Waals surface area contributed by atoms with Crippen molar-refractivity contribution in [1.82, 2.24) is 5.32 Å². The van der Waals surface area contributed by atoms with Crippen LogP contribution in [0.4, 0.5) is 0 Å². The van der Waals surface area contributed by atoms with Crippen molar-refractivity contribution >= 4 is 17.8 Å². The first-order valence-electron chi connectivity index (χ1n) is 6.48. The average Bonchev–Trinajstić information content (AvgIpc) is 2.40. The van der Waals surface area contributed by atoms with Crippen LogP contribution in [-0.2, 0) is 19.1 Å². The Morgan fingerprint density at radius 1 is 1.21 bits per heavy atom. The summed E-state index contributed by atoms with van der Waals surface area (Å²) in [5.74, 6) is -1.56. The van der Waals surface area contributed by atoms with E-state index in [2.05, 4.69) is 10.1 Å². The van der Waals surface area contributed by atoms with E-state index in [0.29, 0.717) is 25.8 Å². The molecule has 0 radical (unpaired) electrons. The smallest absolute Gasteiger partial charge is 0.310 e. The molecule has 0 aromatic heterocycles. The van der Waals surface area contributed by atoms with E-state index < -0.39 is 11.4 Å². The van der Waals surface area contributed by atoms with Gasteiger partial charge in [-0.15, -0.1) is 0 Å². The zero-order chi connectivity index (χ0) is 14.9. The van der Waals surface area contributed by atoms with Gasteiger partial charge in [0.05, 0.1) is 12.5 Å². The second kappa shape index (κ2) is 8.50. The number of esters is 1. The number of carboxylic acids is 1.